The molecule has 1 aromatic rings. The molecule has 4 heteroatoms. The predicted octanol–water partition coefficient (Wildman–Crippen LogP) is 3.74. The van der Waals surface area contributed by atoms with Gasteiger partial charge in [-0.05, 0) is 32.0 Å². The summed E-state index contributed by atoms with van der Waals surface area (Å²) >= 11 is 5.27. The van der Waals surface area contributed by atoms with Crippen LogP contribution in [-0.2, 0) is 0 Å². The fraction of sp³-hybridized carbons (Fsp3) is 0.500. The molecule has 88 valence electrons. The molecule has 0 aliphatic carbocycles. The van der Waals surface area contributed by atoms with Crippen molar-refractivity contribution in [2.75, 3.05) is 11.5 Å². The first-order chi connectivity index (χ1) is 7.48. The number of thioether (sulfide) groups is 1. The Morgan fingerprint density at radius 3 is 2.94 bits per heavy atom. The predicted molar refractivity (Wildman–Crippen MR) is 71.4 cm³/mol. The van der Waals surface area contributed by atoms with Crippen LogP contribution in [-0.4, -0.2) is 17.0 Å². The van der Waals surface area contributed by atoms with Crippen molar-refractivity contribution in [3.63, 3.8) is 0 Å². The summed E-state index contributed by atoms with van der Waals surface area (Å²) in [5, 5.41) is 3.50. The lowest BCUT2D eigenvalue weighted by Gasteiger charge is -2.37. The van der Waals surface area contributed by atoms with Crippen molar-refractivity contribution >= 4 is 27.7 Å². The van der Waals surface area contributed by atoms with Crippen LogP contribution < -0.4 is 5.32 Å². The van der Waals surface area contributed by atoms with Gasteiger partial charge in [-0.15, -0.1) is 0 Å². The molecule has 1 nitrogen and oxygen atoms in total. The van der Waals surface area contributed by atoms with Gasteiger partial charge in [-0.1, -0.05) is 15.9 Å². The Bertz CT molecular complexity index is 395. The normalized spacial score (nSPS) is 24.4. The first-order valence-corrected chi connectivity index (χ1v) is 7.23. The maximum atomic E-state index is 13.7. The van der Waals surface area contributed by atoms with Crippen molar-refractivity contribution in [3.8, 4) is 0 Å². The van der Waals surface area contributed by atoms with E-state index in [0.717, 1.165) is 21.5 Å². The lowest BCUT2D eigenvalue weighted by molar-refractivity contribution is 0.369. The second-order valence-electron chi connectivity index (χ2n) is 4.76. The molecule has 1 atom stereocenters. The third kappa shape index (κ3) is 2.79. The van der Waals surface area contributed by atoms with E-state index in [-0.39, 0.29) is 17.4 Å². The maximum Gasteiger partial charge on any atom is 0.128 e. The maximum absolute atomic E-state index is 13.7. The monoisotopic (exact) mass is 303 g/mol. The third-order valence-corrected chi connectivity index (χ3v) is 4.63. The molecule has 1 aliphatic rings. The Labute approximate surface area is 108 Å². The highest BCUT2D eigenvalue weighted by molar-refractivity contribution is 9.10. The molecule has 1 heterocycles. The van der Waals surface area contributed by atoms with Crippen LogP contribution >= 0.6 is 27.7 Å². The largest absolute Gasteiger partial charge is 0.303 e. The van der Waals surface area contributed by atoms with Crippen LogP contribution in [0.4, 0.5) is 4.39 Å². The van der Waals surface area contributed by atoms with E-state index in [2.05, 4.69) is 35.1 Å². The van der Waals surface area contributed by atoms with Gasteiger partial charge in [-0.25, -0.2) is 4.39 Å². The van der Waals surface area contributed by atoms with E-state index in [1.807, 2.05) is 17.8 Å². The minimum Gasteiger partial charge on any atom is -0.303 e. The summed E-state index contributed by atoms with van der Waals surface area (Å²) in [7, 11) is 0. The molecule has 0 bridgehead atoms. The Hall–Kier alpha value is -0.0600. The molecule has 1 fully saturated rings. The van der Waals surface area contributed by atoms with Gasteiger partial charge >= 0.3 is 0 Å². The van der Waals surface area contributed by atoms with Gasteiger partial charge in [0.05, 0.1) is 0 Å². The zero-order valence-electron chi connectivity index (χ0n) is 9.39. The van der Waals surface area contributed by atoms with Gasteiger partial charge in [0.15, 0.2) is 0 Å². The fourth-order valence-electron chi connectivity index (χ4n) is 1.94. The van der Waals surface area contributed by atoms with Crippen molar-refractivity contribution in [1.29, 1.82) is 0 Å². The summed E-state index contributed by atoms with van der Waals surface area (Å²) < 4.78 is 14.7. The lowest BCUT2D eigenvalue weighted by Crippen LogP contribution is -2.48. The van der Waals surface area contributed by atoms with Crippen LogP contribution in [0.25, 0.3) is 0 Å². The van der Waals surface area contributed by atoms with Gasteiger partial charge < -0.3 is 5.32 Å². The summed E-state index contributed by atoms with van der Waals surface area (Å²) in [6.07, 6.45) is 0. The van der Waals surface area contributed by atoms with Crippen molar-refractivity contribution in [2.45, 2.75) is 25.4 Å². The van der Waals surface area contributed by atoms with E-state index >= 15 is 0 Å². The number of halogens is 2. The number of benzene rings is 1. The Kier molecular flexibility index (Phi) is 3.62. The molecule has 1 N–H and O–H groups in total. The van der Waals surface area contributed by atoms with Gasteiger partial charge in [0.25, 0.3) is 0 Å². The fourth-order valence-corrected chi connectivity index (χ4v) is 3.52. The Morgan fingerprint density at radius 1 is 1.50 bits per heavy atom. The molecular weight excluding hydrogens is 289 g/mol. The molecule has 2 rings (SSSR count). The van der Waals surface area contributed by atoms with Crippen molar-refractivity contribution in [2.24, 2.45) is 0 Å². The summed E-state index contributed by atoms with van der Waals surface area (Å²) in [6, 6.07) is 5.23. The number of hydrogen-bond donors (Lipinski definition) is 1. The van der Waals surface area contributed by atoms with Gasteiger partial charge in [-0.3, -0.25) is 0 Å². The average Bonchev–Trinajstić information content (AvgIpc) is 2.20. The van der Waals surface area contributed by atoms with Crippen LogP contribution in [0.5, 0.6) is 0 Å². The van der Waals surface area contributed by atoms with E-state index < -0.39 is 0 Å². The summed E-state index contributed by atoms with van der Waals surface area (Å²) in [4.78, 5) is 0. The van der Waals surface area contributed by atoms with Gasteiger partial charge in [0.2, 0.25) is 0 Å². The third-order valence-electron chi connectivity index (χ3n) is 2.65. The highest BCUT2D eigenvalue weighted by atomic mass is 79.9. The van der Waals surface area contributed by atoms with E-state index in [1.54, 1.807) is 6.07 Å². The molecule has 0 saturated carbocycles. The summed E-state index contributed by atoms with van der Waals surface area (Å²) in [6.45, 7) is 4.31. The van der Waals surface area contributed by atoms with E-state index in [1.165, 1.54) is 6.07 Å². The molecule has 1 saturated heterocycles. The summed E-state index contributed by atoms with van der Waals surface area (Å²) in [5.41, 5.74) is 0.831. The molecule has 1 aliphatic heterocycles. The van der Waals surface area contributed by atoms with Gasteiger partial charge in [0.1, 0.15) is 5.82 Å². The van der Waals surface area contributed by atoms with E-state index in [9.17, 15) is 4.39 Å². The van der Waals surface area contributed by atoms with Crippen LogP contribution in [0.3, 0.4) is 0 Å². The zero-order valence-corrected chi connectivity index (χ0v) is 11.8. The van der Waals surface area contributed by atoms with Crippen LogP contribution in [0.15, 0.2) is 22.7 Å². The highest BCUT2D eigenvalue weighted by Gasteiger charge is 2.29. The van der Waals surface area contributed by atoms with E-state index in [0.29, 0.717) is 0 Å². The van der Waals surface area contributed by atoms with Crippen LogP contribution in [0, 0.1) is 5.82 Å². The van der Waals surface area contributed by atoms with Gasteiger partial charge in [-0.2, -0.15) is 11.8 Å². The lowest BCUT2D eigenvalue weighted by atomic mass is 10.0. The second-order valence-corrected chi connectivity index (χ2v) is 6.71. The standard InChI is InChI=1S/C12H15BrFNS/c1-12(2)7-16-6-11(15-12)9-5-8(13)3-4-10(9)14/h3-5,11,15H,6-7H2,1-2H3. The molecule has 0 spiro atoms. The number of nitrogens with one attached hydrogen (secondary N) is 1. The molecule has 0 amide bonds. The topological polar surface area (TPSA) is 12.0 Å². The molecule has 0 radical (unpaired) electrons. The smallest absolute Gasteiger partial charge is 0.128 e. The molecule has 0 aromatic heterocycles. The van der Waals surface area contributed by atoms with Crippen molar-refractivity contribution < 1.29 is 4.39 Å². The Balaban J connectivity index is 2.26. The van der Waals surface area contributed by atoms with Crippen molar-refractivity contribution in [1.82, 2.24) is 5.32 Å². The zero-order chi connectivity index (χ0) is 11.8. The number of rotatable bonds is 1. The first kappa shape index (κ1) is 12.4. The van der Waals surface area contributed by atoms with Crippen LogP contribution in [0.1, 0.15) is 25.5 Å². The van der Waals surface area contributed by atoms with Gasteiger partial charge in [0, 0.05) is 33.1 Å². The highest BCUT2D eigenvalue weighted by Crippen LogP contribution is 2.31. The molecule has 1 unspecified atom stereocenters. The second kappa shape index (κ2) is 4.67. The first-order valence-electron chi connectivity index (χ1n) is 5.28. The average molecular weight is 304 g/mol. The molecular formula is C12H15BrFNS. The summed E-state index contributed by atoms with van der Waals surface area (Å²) in [5.74, 6) is 1.87. The molecule has 1 aromatic carbocycles. The quantitative estimate of drug-likeness (QED) is 0.848. The minimum atomic E-state index is -0.126. The van der Waals surface area contributed by atoms with Crippen LogP contribution in [0.2, 0.25) is 0 Å². The van der Waals surface area contributed by atoms with E-state index in [4.69, 9.17) is 0 Å². The Morgan fingerprint density at radius 2 is 2.25 bits per heavy atom. The minimum absolute atomic E-state index is 0.0718. The van der Waals surface area contributed by atoms with Crippen molar-refractivity contribution in [3.05, 3.63) is 34.1 Å². The molecule has 16 heavy (non-hydrogen) atoms. The SMILES string of the molecule is CC1(C)CSCC(c2cc(Br)ccc2F)N1. The number of hydrogen-bond acceptors (Lipinski definition) is 2.